The van der Waals surface area contributed by atoms with Gasteiger partial charge in [-0.15, -0.1) is 0 Å². The molecule has 12 rings (SSSR count). The molecule has 0 unspecified atom stereocenters. The largest absolute Gasteiger partial charge is 0.307 e. The molecule has 0 aromatic heterocycles. The fraction of sp³-hybridized carbons (Fsp3) is 0.0909. The summed E-state index contributed by atoms with van der Waals surface area (Å²) in [5.74, 6) is -2.70. The van der Waals surface area contributed by atoms with Crippen LogP contribution in [0, 0.1) is 23.3 Å². The average Bonchev–Trinajstić information content (AvgIpc) is 3.40. The maximum atomic E-state index is 17.0. The summed E-state index contributed by atoms with van der Waals surface area (Å²) in [4.78, 5) is 3.82. The van der Waals surface area contributed by atoms with Gasteiger partial charge in [-0.1, -0.05) is 183 Å². The highest BCUT2D eigenvalue weighted by Crippen LogP contribution is 2.49. The van der Waals surface area contributed by atoms with Gasteiger partial charge in [-0.3, -0.25) is 0 Å². The van der Waals surface area contributed by atoms with Gasteiger partial charge in [-0.05, 0) is 115 Å². The number of nitrogens with zero attached hydrogens (tertiary/aromatic N) is 2. The molecule has 8 heteroatoms. The zero-order chi connectivity index (χ0) is 51.2. The second kappa shape index (κ2) is 17.9. The van der Waals surface area contributed by atoms with E-state index in [1.807, 2.05) is 131 Å². The van der Waals surface area contributed by atoms with Gasteiger partial charge in [-0.25, -0.2) is 17.6 Å². The Morgan fingerprint density at radius 1 is 0.297 bits per heavy atom. The third-order valence-corrected chi connectivity index (χ3v) is 18.9. The minimum Gasteiger partial charge on any atom is -0.307 e. The molecular weight excluding hydrogens is 953 g/mol. The second-order valence-electron chi connectivity index (χ2n) is 21.5. The van der Waals surface area contributed by atoms with Crippen molar-refractivity contribution in [2.75, 3.05) is 9.80 Å². The lowest BCUT2D eigenvalue weighted by molar-refractivity contribution is 0.586. The monoisotopic (exact) mass is 1000 g/mol. The minimum atomic E-state index is -1.73. The van der Waals surface area contributed by atoms with E-state index in [1.54, 1.807) is 12.1 Å². The number of hydrogen-bond acceptors (Lipinski definition) is 2. The highest BCUT2D eigenvalue weighted by atomic mass is 28.3. The predicted molar refractivity (Wildman–Crippen MR) is 311 cm³/mol. The van der Waals surface area contributed by atoms with Crippen molar-refractivity contribution in [2.24, 2.45) is 0 Å². The van der Waals surface area contributed by atoms with E-state index in [9.17, 15) is 0 Å². The van der Waals surface area contributed by atoms with E-state index in [2.05, 4.69) is 99.9 Å². The van der Waals surface area contributed by atoms with Crippen LogP contribution in [0.2, 0.25) is 39.3 Å². The fourth-order valence-corrected chi connectivity index (χ4v) is 13.1. The predicted octanol–water partition coefficient (Wildman–Crippen LogP) is 18.8. The number of fused-ring (bicyclic) bond motifs is 2. The Kier molecular flexibility index (Phi) is 11.3. The van der Waals surface area contributed by atoms with Gasteiger partial charge in [0.15, 0.2) is 0 Å². The molecule has 0 atom stereocenters. The third kappa shape index (κ3) is 8.19. The topological polar surface area (TPSA) is 6.48 Å². The van der Waals surface area contributed by atoms with Gasteiger partial charge >= 0.3 is 0 Å². The molecular formula is C66H52F4N2Si2. The second-order valence-corrected chi connectivity index (χ2v) is 31.7. The first-order chi connectivity index (χ1) is 35.6. The molecule has 74 heavy (non-hydrogen) atoms. The van der Waals surface area contributed by atoms with Crippen LogP contribution in [0.15, 0.2) is 206 Å². The van der Waals surface area contributed by atoms with Crippen LogP contribution in [0.1, 0.15) is 0 Å². The van der Waals surface area contributed by atoms with Crippen LogP contribution in [-0.2, 0) is 0 Å². The van der Waals surface area contributed by atoms with Crippen LogP contribution in [0.4, 0.5) is 51.7 Å². The first-order valence-corrected chi connectivity index (χ1v) is 32.1. The number of benzene rings is 12. The normalized spacial score (nSPS) is 12.2. The standard InChI is InChI=1S/C66H52F4N2Si2/c1-73(2,3)51-27-23-49(24-28-51)71(63-37-55(57(67)39-59(63)69)47-17-15-41-11-7-9-13-45(41)35-47)61-33-21-43-20-32-54-62(34-22-44-19-31-53(61)65(43)66(44)54)72(50-25-29-52(30-26-50)74(4,5)6)64-38-56(58(68)40-60(64)70)48-18-16-42-12-8-10-14-46(42)36-48/h7-40H,1-6H3. The van der Waals surface area contributed by atoms with E-state index in [1.165, 1.54) is 10.4 Å². The molecule has 0 bridgehead atoms. The molecule has 0 aliphatic carbocycles. The van der Waals surface area contributed by atoms with Crippen molar-refractivity contribution >= 4 is 115 Å². The van der Waals surface area contributed by atoms with E-state index in [0.717, 1.165) is 77.4 Å². The van der Waals surface area contributed by atoms with Crippen molar-refractivity contribution in [3.05, 3.63) is 230 Å². The molecule has 0 spiro atoms. The minimum absolute atomic E-state index is 0.202. The van der Waals surface area contributed by atoms with Crippen LogP contribution in [0.25, 0.3) is 76.1 Å². The van der Waals surface area contributed by atoms with Crippen molar-refractivity contribution in [3.63, 3.8) is 0 Å². The Bertz CT molecular complexity index is 3890. The Morgan fingerprint density at radius 2 is 0.649 bits per heavy atom. The Hall–Kier alpha value is -8.05. The van der Waals surface area contributed by atoms with Gasteiger partial charge in [0.1, 0.15) is 23.3 Å². The lowest BCUT2D eigenvalue weighted by atomic mass is 9.91. The summed E-state index contributed by atoms with van der Waals surface area (Å²) in [5, 5.41) is 11.9. The molecule has 0 N–H and O–H groups in total. The molecule has 0 saturated carbocycles. The quantitative estimate of drug-likeness (QED) is 0.0765. The number of rotatable bonds is 10. The summed E-state index contributed by atoms with van der Waals surface area (Å²) in [6.45, 7) is 13.8. The Morgan fingerprint density at radius 3 is 1.03 bits per heavy atom. The molecule has 0 heterocycles. The maximum absolute atomic E-state index is 17.0. The SMILES string of the molecule is C[Si](C)(C)c1ccc(N(c2cc(-c3ccc4ccccc4c3)c(F)cc2F)c2ccc3ccc4c(N(c5ccc([Si](C)(C)C)cc5)c5cc(-c6ccc7ccccc7c6)c(F)cc5F)ccc5ccc2c3c54)cc1. The zero-order valence-electron chi connectivity index (χ0n) is 42.0. The fourth-order valence-electron chi connectivity index (χ4n) is 10.8. The van der Waals surface area contributed by atoms with Gasteiger partial charge in [0.05, 0.1) is 38.9 Å². The van der Waals surface area contributed by atoms with Gasteiger partial charge in [0.25, 0.3) is 0 Å². The molecule has 12 aromatic carbocycles. The molecule has 0 amide bonds. The van der Waals surface area contributed by atoms with Gasteiger partial charge in [0, 0.05) is 45.4 Å². The smallest absolute Gasteiger partial charge is 0.150 e. The number of hydrogen-bond donors (Lipinski definition) is 0. The number of halogens is 4. The van der Waals surface area contributed by atoms with Crippen LogP contribution in [-0.4, -0.2) is 16.1 Å². The molecule has 362 valence electrons. The Balaban J connectivity index is 1.08. The van der Waals surface area contributed by atoms with Crippen molar-refractivity contribution in [1.82, 2.24) is 0 Å². The van der Waals surface area contributed by atoms with Crippen molar-refractivity contribution in [1.29, 1.82) is 0 Å². The summed E-state index contributed by atoms with van der Waals surface area (Å²) in [5.41, 5.74) is 5.11. The molecule has 0 aliphatic rings. The highest BCUT2D eigenvalue weighted by Gasteiger charge is 2.28. The van der Waals surface area contributed by atoms with Gasteiger partial charge in [-0.2, -0.15) is 0 Å². The summed E-state index contributed by atoms with van der Waals surface area (Å²) < 4.78 is 66.4. The third-order valence-electron chi connectivity index (χ3n) is 14.8. The lowest BCUT2D eigenvalue weighted by Gasteiger charge is -2.30. The molecule has 12 aromatic rings. The summed E-state index contributed by atoms with van der Waals surface area (Å²) in [6.07, 6.45) is 0. The van der Waals surface area contributed by atoms with Crippen molar-refractivity contribution < 1.29 is 17.6 Å². The highest BCUT2D eigenvalue weighted by molar-refractivity contribution is 6.89. The van der Waals surface area contributed by atoms with E-state index in [-0.39, 0.29) is 22.5 Å². The average molecular weight is 1010 g/mol. The molecule has 0 saturated heterocycles. The van der Waals surface area contributed by atoms with Crippen LogP contribution in [0.5, 0.6) is 0 Å². The summed E-state index contributed by atoms with van der Waals surface area (Å²) >= 11 is 0. The molecule has 0 radical (unpaired) electrons. The lowest BCUT2D eigenvalue weighted by Crippen LogP contribution is -2.37. The molecule has 0 fully saturated rings. The van der Waals surface area contributed by atoms with Crippen molar-refractivity contribution in [2.45, 2.75) is 39.3 Å². The van der Waals surface area contributed by atoms with Gasteiger partial charge in [0.2, 0.25) is 0 Å². The van der Waals surface area contributed by atoms with Crippen LogP contribution < -0.4 is 20.2 Å². The van der Waals surface area contributed by atoms with Gasteiger partial charge < -0.3 is 9.80 Å². The maximum Gasteiger partial charge on any atom is 0.150 e. The van der Waals surface area contributed by atoms with E-state index < -0.39 is 39.4 Å². The first-order valence-electron chi connectivity index (χ1n) is 25.1. The molecule has 2 nitrogen and oxygen atoms in total. The first kappa shape index (κ1) is 47.0. The van der Waals surface area contributed by atoms with E-state index >= 15 is 17.6 Å². The van der Waals surface area contributed by atoms with Crippen LogP contribution in [0.3, 0.4) is 0 Å². The van der Waals surface area contributed by atoms with E-state index in [0.29, 0.717) is 22.5 Å². The Labute approximate surface area is 430 Å². The number of anilines is 6. The zero-order valence-corrected chi connectivity index (χ0v) is 44.0. The summed E-state index contributed by atoms with van der Waals surface area (Å²) in [7, 11) is -3.46. The van der Waals surface area contributed by atoms with Crippen LogP contribution >= 0.6 is 0 Å². The van der Waals surface area contributed by atoms with E-state index in [4.69, 9.17) is 0 Å². The van der Waals surface area contributed by atoms with Crippen molar-refractivity contribution in [3.8, 4) is 22.3 Å². The molecule has 0 aliphatic heterocycles. The summed E-state index contributed by atoms with van der Waals surface area (Å²) in [6, 6.07) is 65.9.